The van der Waals surface area contributed by atoms with E-state index in [0.29, 0.717) is 25.9 Å². The molecule has 2 amide bonds. The average Bonchev–Trinajstić information content (AvgIpc) is 2.73. The molecule has 0 radical (unpaired) electrons. The molecule has 0 aliphatic carbocycles. The zero-order chi connectivity index (χ0) is 19.9. The zero-order valence-corrected chi connectivity index (χ0v) is 16.9. The van der Waals surface area contributed by atoms with Crippen molar-refractivity contribution in [1.29, 1.82) is 0 Å². The summed E-state index contributed by atoms with van der Waals surface area (Å²) in [6.07, 6.45) is 2.56. The van der Waals surface area contributed by atoms with Crippen LogP contribution in [-0.4, -0.2) is 46.8 Å². The molecule has 1 fully saturated rings. The van der Waals surface area contributed by atoms with Crippen molar-refractivity contribution in [2.75, 3.05) is 13.1 Å². The quantitative estimate of drug-likeness (QED) is 0.769. The van der Waals surface area contributed by atoms with Gasteiger partial charge in [-0.2, -0.15) is 0 Å². The van der Waals surface area contributed by atoms with Gasteiger partial charge in [0, 0.05) is 38.0 Å². The number of amides is 2. The predicted molar refractivity (Wildman–Crippen MR) is 112 cm³/mol. The lowest BCUT2D eigenvalue weighted by Crippen LogP contribution is -2.59. The fourth-order valence-electron chi connectivity index (χ4n) is 3.90. The van der Waals surface area contributed by atoms with Gasteiger partial charge in [-0.05, 0) is 37.8 Å². The summed E-state index contributed by atoms with van der Waals surface area (Å²) in [7, 11) is 0. The molecule has 0 spiro atoms. The van der Waals surface area contributed by atoms with E-state index >= 15 is 0 Å². The highest BCUT2D eigenvalue weighted by atomic mass is 16.2. The van der Waals surface area contributed by atoms with E-state index in [1.54, 1.807) is 0 Å². The molecule has 3 rings (SSSR count). The van der Waals surface area contributed by atoms with Crippen LogP contribution in [0.4, 0.5) is 0 Å². The van der Waals surface area contributed by atoms with Crippen LogP contribution in [0, 0.1) is 0 Å². The van der Waals surface area contributed by atoms with Gasteiger partial charge in [0.25, 0.3) is 0 Å². The third-order valence-electron chi connectivity index (χ3n) is 5.57. The van der Waals surface area contributed by atoms with E-state index in [0.717, 1.165) is 12.8 Å². The van der Waals surface area contributed by atoms with Crippen LogP contribution in [0.25, 0.3) is 0 Å². The first kappa shape index (κ1) is 20.1. The number of hydrogen-bond donors (Lipinski definition) is 0. The number of hydrogen-bond acceptors (Lipinski definition) is 2. The molecule has 2 atom stereocenters. The van der Waals surface area contributed by atoms with E-state index in [1.165, 1.54) is 11.1 Å². The average molecular weight is 379 g/mol. The molecule has 0 N–H and O–H groups in total. The topological polar surface area (TPSA) is 40.6 Å². The van der Waals surface area contributed by atoms with Crippen LogP contribution >= 0.6 is 0 Å². The lowest BCUT2D eigenvalue weighted by Gasteiger charge is -2.44. The van der Waals surface area contributed by atoms with Crippen molar-refractivity contribution in [2.24, 2.45) is 0 Å². The van der Waals surface area contributed by atoms with Crippen molar-refractivity contribution in [3.8, 4) is 0 Å². The standard InChI is InChI=1S/C24H30N2O2/c1-19-17-26(24(28)16-14-22-11-7-4-8-12-22)20(2)18-25(19)23(27)15-13-21-9-5-3-6-10-21/h3-12,19-20H,13-18H2,1-2H3/t19-,20-/m1/s1. The molecule has 2 aromatic rings. The molecule has 0 aromatic heterocycles. The first-order valence-corrected chi connectivity index (χ1v) is 10.2. The second-order valence-electron chi connectivity index (χ2n) is 7.76. The van der Waals surface area contributed by atoms with Crippen LogP contribution in [-0.2, 0) is 22.4 Å². The van der Waals surface area contributed by atoms with Gasteiger partial charge in [0.05, 0.1) is 0 Å². The summed E-state index contributed by atoms with van der Waals surface area (Å²) in [5.74, 6) is 0.360. The van der Waals surface area contributed by atoms with Crippen LogP contribution in [0.15, 0.2) is 60.7 Å². The van der Waals surface area contributed by atoms with Crippen LogP contribution in [0.2, 0.25) is 0 Å². The van der Waals surface area contributed by atoms with E-state index in [4.69, 9.17) is 0 Å². The fourth-order valence-corrected chi connectivity index (χ4v) is 3.90. The number of carbonyl (C=O) groups is 2. The van der Waals surface area contributed by atoms with Crippen molar-refractivity contribution in [3.05, 3.63) is 71.8 Å². The van der Waals surface area contributed by atoms with E-state index in [-0.39, 0.29) is 23.9 Å². The maximum absolute atomic E-state index is 12.7. The van der Waals surface area contributed by atoms with Gasteiger partial charge in [-0.15, -0.1) is 0 Å². The Morgan fingerprint density at radius 1 is 0.714 bits per heavy atom. The highest BCUT2D eigenvalue weighted by Gasteiger charge is 2.33. The summed E-state index contributed by atoms with van der Waals surface area (Å²) < 4.78 is 0. The molecule has 0 bridgehead atoms. The van der Waals surface area contributed by atoms with E-state index in [9.17, 15) is 9.59 Å². The third kappa shape index (κ3) is 5.22. The third-order valence-corrected chi connectivity index (χ3v) is 5.57. The minimum absolute atomic E-state index is 0.0557. The molecule has 4 nitrogen and oxygen atoms in total. The number of aryl methyl sites for hydroxylation is 2. The Morgan fingerprint density at radius 3 is 1.43 bits per heavy atom. The van der Waals surface area contributed by atoms with Gasteiger partial charge in [-0.25, -0.2) is 0 Å². The maximum atomic E-state index is 12.7. The van der Waals surface area contributed by atoms with Gasteiger partial charge >= 0.3 is 0 Å². The fraction of sp³-hybridized carbons (Fsp3) is 0.417. The zero-order valence-electron chi connectivity index (χ0n) is 16.9. The predicted octanol–water partition coefficient (Wildman–Crippen LogP) is 3.70. The van der Waals surface area contributed by atoms with Crippen molar-refractivity contribution in [2.45, 2.75) is 51.6 Å². The van der Waals surface area contributed by atoms with Crippen LogP contribution < -0.4 is 0 Å². The number of rotatable bonds is 6. The highest BCUT2D eigenvalue weighted by Crippen LogP contribution is 2.19. The van der Waals surface area contributed by atoms with Crippen LogP contribution in [0.5, 0.6) is 0 Å². The molecule has 148 valence electrons. The second-order valence-corrected chi connectivity index (χ2v) is 7.76. The van der Waals surface area contributed by atoms with Gasteiger partial charge in [0.1, 0.15) is 0 Å². The SMILES string of the molecule is C[C@@H]1CN(C(=O)CCc2ccccc2)[C@H](C)CN1C(=O)CCc1ccccc1. The molecule has 1 heterocycles. The number of nitrogens with zero attached hydrogens (tertiary/aromatic N) is 2. The summed E-state index contributed by atoms with van der Waals surface area (Å²) in [6.45, 7) is 5.32. The van der Waals surface area contributed by atoms with Gasteiger partial charge in [-0.3, -0.25) is 9.59 Å². The Balaban J connectivity index is 1.51. The molecule has 1 aliphatic heterocycles. The summed E-state index contributed by atoms with van der Waals surface area (Å²) in [4.78, 5) is 29.4. The molecule has 0 unspecified atom stereocenters. The lowest BCUT2D eigenvalue weighted by molar-refractivity contribution is -0.145. The molecule has 0 saturated carbocycles. The van der Waals surface area contributed by atoms with E-state index < -0.39 is 0 Å². The lowest BCUT2D eigenvalue weighted by atomic mass is 10.0. The van der Waals surface area contributed by atoms with E-state index in [2.05, 4.69) is 24.3 Å². The summed E-state index contributed by atoms with van der Waals surface area (Å²) in [6, 6.07) is 20.3. The van der Waals surface area contributed by atoms with Crippen molar-refractivity contribution < 1.29 is 9.59 Å². The highest BCUT2D eigenvalue weighted by molar-refractivity contribution is 5.79. The van der Waals surface area contributed by atoms with Crippen LogP contribution in [0.3, 0.4) is 0 Å². The Morgan fingerprint density at radius 2 is 1.07 bits per heavy atom. The smallest absolute Gasteiger partial charge is 0.223 e. The Kier molecular flexibility index (Phi) is 6.85. The number of piperazine rings is 1. The van der Waals surface area contributed by atoms with Crippen molar-refractivity contribution in [3.63, 3.8) is 0 Å². The molecule has 1 saturated heterocycles. The number of benzene rings is 2. The number of carbonyl (C=O) groups excluding carboxylic acids is 2. The first-order chi connectivity index (χ1) is 13.5. The normalized spacial score (nSPS) is 19.5. The Bertz CT molecular complexity index is 708. The van der Waals surface area contributed by atoms with Gasteiger partial charge in [0.15, 0.2) is 0 Å². The summed E-state index contributed by atoms with van der Waals surface area (Å²) >= 11 is 0. The first-order valence-electron chi connectivity index (χ1n) is 10.2. The van der Waals surface area contributed by atoms with Crippen LogP contribution in [0.1, 0.15) is 37.8 Å². The van der Waals surface area contributed by atoms with Gasteiger partial charge in [0.2, 0.25) is 11.8 Å². The van der Waals surface area contributed by atoms with E-state index in [1.807, 2.05) is 60.0 Å². The largest absolute Gasteiger partial charge is 0.336 e. The Labute approximate surface area is 168 Å². The molecule has 1 aliphatic rings. The molecule has 28 heavy (non-hydrogen) atoms. The van der Waals surface area contributed by atoms with Gasteiger partial charge < -0.3 is 9.80 Å². The maximum Gasteiger partial charge on any atom is 0.223 e. The minimum atomic E-state index is 0.0557. The van der Waals surface area contributed by atoms with Crippen molar-refractivity contribution >= 4 is 11.8 Å². The molecular weight excluding hydrogens is 348 g/mol. The summed E-state index contributed by atoms with van der Waals surface area (Å²) in [5, 5.41) is 0. The minimum Gasteiger partial charge on any atom is -0.336 e. The molecule has 4 heteroatoms. The van der Waals surface area contributed by atoms with Gasteiger partial charge in [-0.1, -0.05) is 60.7 Å². The molecule has 2 aromatic carbocycles. The molecular formula is C24H30N2O2. The monoisotopic (exact) mass is 378 g/mol. The second kappa shape index (κ2) is 9.54. The van der Waals surface area contributed by atoms with Crippen molar-refractivity contribution in [1.82, 2.24) is 9.80 Å². The summed E-state index contributed by atoms with van der Waals surface area (Å²) in [5.41, 5.74) is 2.37. The Hall–Kier alpha value is -2.62.